The minimum atomic E-state index is -0.393. The average molecular weight is 326 g/mol. The number of nitrogens with zero attached hydrogens (tertiary/aromatic N) is 2. The molecule has 0 saturated heterocycles. The Morgan fingerprint density at radius 1 is 1.38 bits per heavy atom. The molecule has 0 fully saturated rings. The first-order valence-electron chi connectivity index (χ1n) is 7.72. The first-order chi connectivity index (χ1) is 11.6. The first kappa shape index (κ1) is 15.8. The van der Waals surface area contributed by atoms with Crippen molar-refractivity contribution in [2.75, 3.05) is 6.61 Å². The van der Waals surface area contributed by atoms with Gasteiger partial charge >= 0.3 is 5.97 Å². The fourth-order valence-corrected chi connectivity index (χ4v) is 2.58. The smallest absolute Gasteiger partial charge is 0.338 e. The van der Waals surface area contributed by atoms with Gasteiger partial charge in [0.1, 0.15) is 5.69 Å². The highest BCUT2D eigenvalue weighted by molar-refractivity contribution is 6.14. The largest absolute Gasteiger partial charge is 0.494 e. The number of H-pyrrole nitrogens is 2. The first-order valence-corrected chi connectivity index (χ1v) is 7.72. The molecule has 2 heterocycles. The van der Waals surface area contributed by atoms with E-state index in [2.05, 4.69) is 20.2 Å². The fourth-order valence-electron chi connectivity index (χ4n) is 2.58. The third-order valence-corrected chi connectivity index (χ3v) is 3.66. The van der Waals surface area contributed by atoms with Crippen LogP contribution in [0.4, 0.5) is 5.69 Å². The molecule has 0 saturated carbocycles. The van der Waals surface area contributed by atoms with Gasteiger partial charge in [-0.15, -0.1) is 0 Å². The predicted octanol–water partition coefficient (Wildman–Crippen LogP) is 3.30. The van der Waals surface area contributed by atoms with E-state index in [-0.39, 0.29) is 5.88 Å². The Morgan fingerprint density at radius 3 is 2.88 bits per heavy atom. The van der Waals surface area contributed by atoms with Gasteiger partial charge in [-0.25, -0.2) is 9.79 Å². The maximum Gasteiger partial charge on any atom is 0.338 e. The number of carbonyl (C=O) groups is 1. The number of hydrogen-bond acceptors (Lipinski definition) is 5. The molecule has 2 aromatic heterocycles. The zero-order valence-corrected chi connectivity index (χ0v) is 13.5. The van der Waals surface area contributed by atoms with Crippen molar-refractivity contribution in [2.45, 2.75) is 20.3 Å². The number of aromatic hydroxyl groups is 1. The van der Waals surface area contributed by atoms with Crippen LogP contribution in [0.1, 0.15) is 36.2 Å². The maximum absolute atomic E-state index is 12.0. The van der Waals surface area contributed by atoms with Crippen molar-refractivity contribution in [3.63, 3.8) is 0 Å². The summed E-state index contributed by atoms with van der Waals surface area (Å²) in [6.45, 7) is 4.02. The standard InChI is InChI=1S/C17H18N4O3/c1-3-13(20-11-8-18-19-9-11)15-12-7-10(17(23)24-4-2)5-6-14(12)21-16(15)22/h5-9,21-22H,3-4H2,1-2H3,(H,18,19). The van der Waals surface area contributed by atoms with Gasteiger partial charge in [0, 0.05) is 17.1 Å². The van der Waals surface area contributed by atoms with E-state index in [1.54, 1.807) is 37.5 Å². The number of esters is 1. The third kappa shape index (κ3) is 2.88. The van der Waals surface area contributed by atoms with Gasteiger partial charge in [0.25, 0.3) is 0 Å². The third-order valence-electron chi connectivity index (χ3n) is 3.66. The van der Waals surface area contributed by atoms with Gasteiger partial charge in [-0.3, -0.25) is 5.10 Å². The van der Waals surface area contributed by atoms with Crippen molar-refractivity contribution in [3.05, 3.63) is 41.7 Å². The van der Waals surface area contributed by atoms with Crippen molar-refractivity contribution in [1.29, 1.82) is 0 Å². The number of fused-ring (bicyclic) bond motifs is 1. The van der Waals surface area contributed by atoms with E-state index in [1.165, 1.54) is 0 Å². The fraction of sp³-hybridized carbons (Fsp3) is 0.235. The van der Waals surface area contributed by atoms with Gasteiger partial charge in [-0.1, -0.05) is 6.92 Å². The quantitative estimate of drug-likeness (QED) is 0.494. The number of ether oxygens (including phenoxy) is 1. The van der Waals surface area contributed by atoms with Crippen LogP contribution in [0.5, 0.6) is 5.88 Å². The topological polar surface area (TPSA) is 103 Å². The van der Waals surface area contributed by atoms with Crippen LogP contribution in [0, 0.1) is 0 Å². The number of aromatic amines is 2. The number of nitrogens with one attached hydrogen (secondary N) is 2. The number of benzene rings is 1. The lowest BCUT2D eigenvalue weighted by Crippen LogP contribution is -2.04. The number of hydrogen-bond donors (Lipinski definition) is 3. The second kappa shape index (κ2) is 6.57. The summed E-state index contributed by atoms with van der Waals surface area (Å²) in [7, 11) is 0. The summed E-state index contributed by atoms with van der Waals surface area (Å²) in [6, 6.07) is 5.12. The molecule has 3 aromatic rings. The van der Waals surface area contributed by atoms with Crippen LogP contribution in [-0.2, 0) is 4.74 Å². The van der Waals surface area contributed by atoms with Crippen molar-refractivity contribution in [2.24, 2.45) is 4.99 Å². The number of aromatic nitrogens is 3. The van der Waals surface area contributed by atoms with E-state index in [4.69, 9.17) is 4.74 Å². The van der Waals surface area contributed by atoms with Gasteiger partial charge in [0.15, 0.2) is 5.88 Å². The zero-order chi connectivity index (χ0) is 17.1. The highest BCUT2D eigenvalue weighted by atomic mass is 16.5. The summed E-state index contributed by atoms with van der Waals surface area (Å²) in [5.74, 6) is -0.369. The Morgan fingerprint density at radius 2 is 2.21 bits per heavy atom. The van der Waals surface area contributed by atoms with Crippen LogP contribution in [0.3, 0.4) is 0 Å². The van der Waals surface area contributed by atoms with E-state index in [1.807, 2.05) is 6.92 Å². The number of rotatable bonds is 5. The molecule has 124 valence electrons. The van der Waals surface area contributed by atoms with E-state index in [0.29, 0.717) is 35.6 Å². The predicted molar refractivity (Wildman–Crippen MR) is 91.0 cm³/mol. The van der Waals surface area contributed by atoms with Crippen LogP contribution in [-0.4, -0.2) is 38.6 Å². The highest BCUT2D eigenvalue weighted by Gasteiger charge is 2.18. The Balaban J connectivity index is 2.13. The Hall–Kier alpha value is -3.09. The Labute approximate surface area is 138 Å². The molecule has 0 aliphatic heterocycles. The Bertz CT molecular complexity index is 894. The molecule has 7 nitrogen and oxygen atoms in total. The second-order valence-electron chi connectivity index (χ2n) is 5.20. The minimum absolute atomic E-state index is 0.0232. The average Bonchev–Trinajstić information content (AvgIpc) is 3.19. The molecule has 0 atom stereocenters. The van der Waals surface area contributed by atoms with Gasteiger partial charge in [-0.2, -0.15) is 5.10 Å². The summed E-state index contributed by atoms with van der Waals surface area (Å²) in [4.78, 5) is 19.4. The molecule has 0 spiro atoms. The van der Waals surface area contributed by atoms with Gasteiger partial charge in [0.05, 0.1) is 29.6 Å². The summed E-state index contributed by atoms with van der Waals surface area (Å²) in [5.41, 5.74) is 3.11. The van der Waals surface area contributed by atoms with Crippen molar-refractivity contribution < 1.29 is 14.6 Å². The van der Waals surface area contributed by atoms with Crippen LogP contribution < -0.4 is 0 Å². The lowest BCUT2D eigenvalue weighted by atomic mass is 10.0. The zero-order valence-electron chi connectivity index (χ0n) is 13.5. The maximum atomic E-state index is 12.0. The van der Waals surface area contributed by atoms with Crippen molar-refractivity contribution in [3.8, 4) is 5.88 Å². The molecule has 0 unspecified atom stereocenters. The normalized spacial score (nSPS) is 11.8. The van der Waals surface area contributed by atoms with Crippen LogP contribution in [0.25, 0.3) is 10.9 Å². The van der Waals surface area contributed by atoms with Crippen molar-refractivity contribution >= 4 is 28.3 Å². The minimum Gasteiger partial charge on any atom is -0.494 e. The molecule has 0 aliphatic rings. The molecular weight excluding hydrogens is 308 g/mol. The van der Waals surface area contributed by atoms with Crippen LogP contribution in [0.2, 0.25) is 0 Å². The lowest BCUT2D eigenvalue weighted by molar-refractivity contribution is 0.0526. The van der Waals surface area contributed by atoms with E-state index < -0.39 is 5.97 Å². The molecule has 24 heavy (non-hydrogen) atoms. The summed E-state index contributed by atoms with van der Waals surface area (Å²) < 4.78 is 5.04. The summed E-state index contributed by atoms with van der Waals surface area (Å²) >= 11 is 0. The van der Waals surface area contributed by atoms with E-state index in [9.17, 15) is 9.90 Å². The number of carbonyl (C=O) groups excluding carboxylic acids is 1. The van der Waals surface area contributed by atoms with Gasteiger partial charge in [0.2, 0.25) is 0 Å². The molecule has 0 bridgehead atoms. The summed E-state index contributed by atoms with van der Waals surface area (Å²) in [6.07, 6.45) is 3.88. The van der Waals surface area contributed by atoms with E-state index in [0.717, 1.165) is 10.9 Å². The van der Waals surface area contributed by atoms with Gasteiger partial charge in [-0.05, 0) is 31.5 Å². The monoisotopic (exact) mass is 326 g/mol. The van der Waals surface area contributed by atoms with E-state index >= 15 is 0 Å². The second-order valence-corrected chi connectivity index (χ2v) is 5.20. The molecule has 0 amide bonds. The van der Waals surface area contributed by atoms with Crippen molar-refractivity contribution in [1.82, 2.24) is 15.2 Å². The summed E-state index contributed by atoms with van der Waals surface area (Å²) in [5, 5.41) is 17.6. The molecule has 7 heteroatoms. The van der Waals surface area contributed by atoms with Crippen LogP contribution >= 0.6 is 0 Å². The highest BCUT2D eigenvalue weighted by Crippen LogP contribution is 2.30. The molecule has 3 N–H and O–H groups in total. The molecule has 0 radical (unpaired) electrons. The molecule has 3 rings (SSSR count). The number of aliphatic imine (C=N–C) groups is 1. The van der Waals surface area contributed by atoms with Gasteiger partial charge < -0.3 is 14.8 Å². The Kier molecular flexibility index (Phi) is 4.33. The molecule has 0 aliphatic carbocycles. The lowest BCUT2D eigenvalue weighted by Gasteiger charge is -2.05. The molecular formula is C17H18N4O3. The molecule has 1 aromatic carbocycles. The SMILES string of the molecule is CCOC(=O)c1ccc2[nH]c(O)c(C(CC)=Nc3cn[nH]c3)c2c1. The van der Waals surface area contributed by atoms with Crippen LogP contribution in [0.15, 0.2) is 35.6 Å².